The van der Waals surface area contributed by atoms with E-state index in [1.54, 1.807) is 50.3 Å². The molecule has 2 aromatic carbocycles. The molecule has 2 aromatic rings. The van der Waals surface area contributed by atoms with Crippen molar-refractivity contribution >= 4 is 11.8 Å². The topological polar surface area (TPSA) is 68.3 Å². The van der Waals surface area contributed by atoms with Crippen LogP contribution in [0.4, 0.5) is 0 Å². The van der Waals surface area contributed by atoms with Gasteiger partial charge < -0.3 is 24.0 Å². The Labute approximate surface area is 183 Å². The van der Waals surface area contributed by atoms with Gasteiger partial charge in [-0.15, -0.1) is 0 Å². The molecule has 31 heavy (non-hydrogen) atoms. The summed E-state index contributed by atoms with van der Waals surface area (Å²) in [6.45, 7) is 3.33. The zero-order valence-electron chi connectivity index (χ0n) is 18.8. The average molecular weight is 427 g/mol. The van der Waals surface area contributed by atoms with E-state index >= 15 is 0 Å². The van der Waals surface area contributed by atoms with Crippen LogP contribution in [0.15, 0.2) is 42.5 Å². The maximum atomic E-state index is 13.2. The second-order valence-electron chi connectivity index (χ2n) is 7.60. The van der Waals surface area contributed by atoms with Gasteiger partial charge in [0.05, 0.1) is 27.2 Å². The van der Waals surface area contributed by atoms with Crippen LogP contribution >= 0.6 is 0 Å². The number of methoxy groups -OCH3 is 3. The summed E-state index contributed by atoms with van der Waals surface area (Å²) >= 11 is 0. The maximum Gasteiger partial charge on any atom is 0.253 e. The molecule has 3 rings (SSSR count). The van der Waals surface area contributed by atoms with Gasteiger partial charge in [-0.25, -0.2) is 0 Å². The lowest BCUT2D eigenvalue weighted by Crippen LogP contribution is -2.36. The Bertz CT molecular complexity index is 906. The van der Waals surface area contributed by atoms with Gasteiger partial charge in [0, 0.05) is 38.2 Å². The summed E-state index contributed by atoms with van der Waals surface area (Å²) in [6, 6.07) is 12.9. The first-order chi connectivity index (χ1) is 14.9. The average Bonchev–Trinajstić information content (AvgIpc) is 3.27. The highest BCUT2D eigenvalue weighted by atomic mass is 16.5. The van der Waals surface area contributed by atoms with Gasteiger partial charge in [0.15, 0.2) is 11.5 Å². The molecule has 166 valence electrons. The number of benzene rings is 2. The second kappa shape index (κ2) is 9.73. The number of ether oxygens (including phenoxy) is 3. The monoisotopic (exact) mass is 426 g/mol. The molecule has 0 N–H and O–H groups in total. The van der Waals surface area contributed by atoms with Crippen LogP contribution in [0, 0.1) is 5.92 Å². The highest BCUT2D eigenvalue weighted by Gasteiger charge is 2.42. The number of likely N-dealkylation sites (tertiary alicyclic amines) is 1. The first kappa shape index (κ1) is 22.5. The third kappa shape index (κ3) is 4.45. The highest BCUT2D eigenvalue weighted by molar-refractivity contribution is 5.95. The second-order valence-corrected chi connectivity index (χ2v) is 7.60. The molecule has 1 aliphatic heterocycles. The SMILES string of the molecule is CCN(C)C(=O)[C@@H]1CN(C(=O)c2ccccc2)C[C@H]1c1cc(OC)c(OC)c(OC)c1. The van der Waals surface area contributed by atoms with Crippen molar-refractivity contribution in [1.29, 1.82) is 0 Å². The first-order valence-electron chi connectivity index (χ1n) is 10.3. The van der Waals surface area contributed by atoms with Crippen molar-refractivity contribution in [3.05, 3.63) is 53.6 Å². The lowest BCUT2D eigenvalue weighted by Gasteiger charge is -2.24. The molecule has 2 amide bonds. The summed E-state index contributed by atoms with van der Waals surface area (Å²) in [5, 5.41) is 0. The molecular formula is C24H30N2O5. The number of amides is 2. The summed E-state index contributed by atoms with van der Waals surface area (Å²) in [6.07, 6.45) is 0. The Hall–Kier alpha value is -3.22. The minimum atomic E-state index is -0.361. The molecular weight excluding hydrogens is 396 g/mol. The summed E-state index contributed by atoms with van der Waals surface area (Å²) in [7, 11) is 6.47. The lowest BCUT2D eigenvalue weighted by atomic mass is 9.87. The van der Waals surface area contributed by atoms with Crippen molar-refractivity contribution in [3.63, 3.8) is 0 Å². The number of rotatable bonds is 7. The normalized spacial score (nSPS) is 17.9. The quantitative estimate of drug-likeness (QED) is 0.681. The van der Waals surface area contributed by atoms with Crippen LogP contribution in [0.25, 0.3) is 0 Å². The van der Waals surface area contributed by atoms with Gasteiger partial charge in [0.2, 0.25) is 11.7 Å². The molecule has 7 nitrogen and oxygen atoms in total. The Kier molecular flexibility index (Phi) is 7.05. The molecule has 1 heterocycles. The van der Waals surface area contributed by atoms with E-state index in [1.807, 2.05) is 37.3 Å². The standard InChI is InChI=1S/C24H30N2O5/c1-6-25(2)24(28)19-15-26(23(27)16-10-8-7-9-11-16)14-18(19)17-12-20(29-3)22(31-5)21(13-17)30-4/h7-13,18-19H,6,14-15H2,1-5H3/t18-,19+/m0/s1. The van der Waals surface area contributed by atoms with Crippen LogP contribution in [0.5, 0.6) is 17.2 Å². The summed E-state index contributed by atoms with van der Waals surface area (Å²) < 4.78 is 16.4. The third-order valence-electron chi connectivity index (χ3n) is 5.91. The summed E-state index contributed by atoms with van der Waals surface area (Å²) in [5.74, 6) is 0.942. The predicted molar refractivity (Wildman–Crippen MR) is 118 cm³/mol. The van der Waals surface area contributed by atoms with E-state index in [4.69, 9.17) is 14.2 Å². The van der Waals surface area contributed by atoms with Gasteiger partial charge in [-0.1, -0.05) is 18.2 Å². The highest BCUT2D eigenvalue weighted by Crippen LogP contribution is 2.43. The van der Waals surface area contributed by atoms with E-state index < -0.39 is 0 Å². The minimum absolute atomic E-state index is 0.0182. The number of hydrogen-bond donors (Lipinski definition) is 0. The Morgan fingerprint density at radius 2 is 1.61 bits per heavy atom. The molecule has 0 radical (unpaired) electrons. The summed E-state index contributed by atoms with van der Waals surface area (Å²) in [4.78, 5) is 29.8. The Balaban J connectivity index is 2.01. The molecule has 1 fully saturated rings. The van der Waals surface area contributed by atoms with Crippen LogP contribution in [-0.2, 0) is 4.79 Å². The molecule has 2 atom stereocenters. The lowest BCUT2D eigenvalue weighted by molar-refractivity contribution is -0.133. The van der Waals surface area contributed by atoms with Crippen LogP contribution in [0.2, 0.25) is 0 Å². The number of carbonyl (C=O) groups is 2. The summed E-state index contributed by atoms with van der Waals surface area (Å²) in [5.41, 5.74) is 1.49. The van der Waals surface area contributed by atoms with Crippen molar-refractivity contribution in [2.24, 2.45) is 5.92 Å². The first-order valence-corrected chi connectivity index (χ1v) is 10.3. The van der Waals surface area contributed by atoms with Gasteiger partial charge in [0.25, 0.3) is 5.91 Å². The van der Waals surface area contributed by atoms with E-state index in [0.717, 1.165) is 5.56 Å². The molecule has 0 bridgehead atoms. The third-order valence-corrected chi connectivity index (χ3v) is 5.91. The van der Waals surface area contributed by atoms with E-state index in [2.05, 4.69) is 0 Å². The van der Waals surface area contributed by atoms with Crippen molar-refractivity contribution in [3.8, 4) is 17.2 Å². The molecule has 0 aromatic heterocycles. The molecule has 0 aliphatic carbocycles. The molecule has 0 unspecified atom stereocenters. The fourth-order valence-electron chi connectivity index (χ4n) is 4.08. The van der Waals surface area contributed by atoms with E-state index in [1.165, 1.54) is 0 Å². The van der Waals surface area contributed by atoms with E-state index in [9.17, 15) is 9.59 Å². The minimum Gasteiger partial charge on any atom is -0.493 e. The largest absolute Gasteiger partial charge is 0.493 e. The van der Waals surface area contributed by atoms with E-state index in [0.29, 0.717) is 42.4 Å². The number of nitrogens with zero attached hydrogens (tertiary/aromatic N) is 2. The molecule has 0 spiro atoms. The van der Waals surface area contributed by atoms with Gasteiger partial charge in [-0.3, -0.25) is 9.59 Å². The molecule has 0 saturated carbocycles. The Morgan fingerprint density at radius 1 is 1.00 bits per heavy atom. The van der Waals surface area contributed by atoms with Gasteiger partial charge in [-0.2, -0.15) is 0 Å². The fourth-order valence-corrected chi connectivity index (χ4v) is 4.08. The molecule has 7 heteroatoms. The van der Waals surface area contributed by atoms with Crippen molar-refractivity contribution < 1.29 is 23.8 Å². The fraction of sp³-hybridized carbons (Fsp3) is 0.417. The zero-order valence-corrected chi connectivity index (χ0v) is 18.8. The van der Waals surface area contributed by atoms with Gasteiger partial charge in [0.1, 0.15) is 0 Å². The van der Waals surface area contributed by atoms with Crippen LogP contribution < -0.4 is 14.2 Å². The number of carbonyl (C=O) groups excluding carboxylic acids is 2. The predicted octanol–water partition coefficient (Wildman–Crippen LogP) is 3.05. The van der Waals surface area contributed by atoms with Crippen LogP contribution in [0.3, 0.4) is 0 Å². The zero-order chi connectivity index (χ0) is 22.5. The van der Waals surface area contributed by atoms with Gasteiger partial charge in [-0.05, 0) is 36.8 Å². The van der Waals surface area contributed by atoms with Crippen LogP contribution in [-0.4, -0.2) is 69.6 Å². The molecule has 1 saturated heterocycles. The van der Waals surface area contributed by atoms with Crippen LogP contribution in [0.1, 0.15) is 28.8 Å². The van der Waals surface area contributed by atoms with Crippen molar-refractivity contribution in [2.75, 3.05) is 48.0 Å². The van der Waals surface area contributed by atoms with Crippen molar-refractivity contribution in [2.45, 2.75) is 12.8 Å². The molecule has 1 aliphatic rings. The van der Waals surface area contributed by atoms with Gasteiger partial charge >= 0.3 is 0 Å². The maximum absolute atomic E-state index is 13.2. The Morgan fingerprint density at radius 3 is 2.13 bits per heavy atom. The van der Waals surface area contributed by atoms with Crippen molar-refractivity contribution in [1.82, 2.24) is 9.80 Å². The number of hydrogen-bond acceptors (Lipinski definition) is 5. The van der Waals surface area contributed by atoms with E-state index in [-0.39, 0.29) is 23.7 Å². The smallest absolute Gasteiger partial charge is 0.253 e.